The van der Waals surface area contributed by atoms with Gasteiger partial charge in [-0.05, 0) is 12.1 Å². The largest absolute Gasteiger partial charge is 0.486 e. The fourth-order valence-electron chi connectivity index (χ4n) is 1.60. The number of benzene rings is 1. The molecule has 19 heavy (non-hydrogen) atoms. The van der Waals surface area contributed by atoms with Gasteiger partial charge in [-0.25, -0.2) is 4.79 Å². The molecule has 0 spiro atoms. The second kappa shape index (κ2) is 4.69. The van der Waals surface area contributed by atoms with Crippen molar-refractivity contribution in [2.45, 2.75) is 6.61 Å². The Hall–Kier alpha value is -2.41. The quantitative estimate of drug-likeness (QED) is 0.788. The third-order valence-corrected chi connectivity index (χ3v) is 3.27. The number of hydrogen-bond acceptors (Lipinski definition) is 5. The van der Waals surface area contributed by atoms with Crippen LogP contribution in [0.4, 0.5) is 0 Å². The topological polar surface area (TPSA) is 76.7 Å². The van der Waals surface area contributed by atoms with E-state index in [1.807, 2.05) is 30.3 Å². The summed E-state index contributed by atoms with van der Waals surface area (Å²) in [6.07, 6.45) is 0. The maximum absolute atomic E-state index is 11.0. The fourth-order valence-corrected chi connectivity index (χ4v) is 2.41. The summed E-state index contributed by atoms with van der Waals surface area (Å²) in [5.41, 5.74) is 0.110. The molecule has 0 saturated heterocycles. The summed E-state index contributed by atoms with van der Waals surface area (Å²) < 4.78 is 6.83. The zero-order valence-corrected chi connectivity index (χ0v) is 10.5. The fraction of sp³-hybridized carbons (Fsp3) is 0.0833. The number of rotatable bonds is 4. The number of para-hydroxylation sites is 1. The second-order valence-electron chi connectivity index (χ2n) is 3.75. The molecule has 0 aliphatic heterocycles. The molecule has 96 valence electrons. The Labute approximate surface area is 111 Å². The van der Waals surface area contributed by atoms with E-state index >= 15 is 0 Å². The van der Waals surface area contributed by atoms with E-state index in [2.05, 4.69) is 10.1 Å². The number of carbonyl (C=O) groups is 1. The van der Waals surface area contributed by atoms with Crippen LogP contribution >= 0.6 is 11.3 Å². The molecule has 0 radical (unpaired) electrons. The van der Waals surface area contributed by atoms with E-state index in [0.29, 0.717) is 10.8 Å². The van der Waals surface area contributed by atoms with Crippen molar-refractivity contribution in [1.82, 2.24) is 14.6 Å². The van der Waals surface area contributed by atoms with Crippen LogP contribution < -0.4 is 4.74 Å². The first-order chi connectivity index (χ1) is 9.24. The van der Waals surface area contributed by atoms with Gasteiger partial charge in [0, 0.05) is 5.38 Å². The molecule has 0 fully saturated rings. The van der Waals surface area contributed by atoms with Gasteiger partial charge in [0.1, 0.15) is 12.4 Å². The number of fused-ring (bicyclic) bond motifs is 1. The summed E-state index contributed by atoms with van der Waals surface area (Å²) in [5.74, 6) is 0.156. The number of ether oxygens (including phenoxy) is 1. The molecular formula is C12H9N3O3S. The van der Waals surface area contributed by atoms with E-state index in [4.69, 9.17) is 9.84 Å². The standard InChI is InChI=1S/C12H9N3O3S/c16-11(17)9-7-19-12-13-10(14-15(9)12)6-18-8-4-2-1-3-5-8/h1-5,7H,6H2,(H,16,17). The maximum Gasteiger partial charge on any atom is 0.355 e. The van der Waals surface area contributed by atoms with Crippen LogP contribution in [0.5, 0.6) is 5.75 Å². The first-order valence-electron chi connectivity index (χ1n) is 5.48. The van der Waals surface area contributed by atoms with Crippen LogP contribution in [0.1, 0.15) is 16.3 Å². The lowest BCUT2D eigenvalue weighted by molar-refractivity contribution is 0.0688. The van der Waals surface area contributed by atoms with Gasteiger partial charge in [-0.15, -0.1) is 16.4 Å². The van der Waals surface area contributed by atoms with Crippen LogP contribution in [0, 0.1) is 0 Å². The van der Waals surface area contributed by atoms with Gasteiger partial charge >= 0.3 is 5.97 Å². The van der Waals surface area contributed by atoms with E-state index < -0.39 is 5.97 Å². The van der Waals surface area contributed by atoms with Crippen molar-refractivity contribution in [3.05, 3.63) is 47.2 Å². The number of nitrogens with zero attached hydrogens (tertiary/aromatic N) is 3. The number of aromatic carboxylic acids is 1. The molecule has 0 saturated carbocycles. The van der Waals surface area contributed by atoms with Gasteiger partial charge in [-0.1, -0.05) is 18.2 Å². The average molecular weight is 275 g/mol. The highest BCUT2D eigenvalue weighted by atomic mass is 32.1. The van der Waals surface area contributed by atoms with Gasteiger partial charge in [-0.3, -0.25) is 0 Å². The lowest BCUT2D eigenvalue weighted by atomic mass is 10.3. The summed E-state index contributed by atoms with van der Waals surface area (Å²) in [4.78, 5) is 15.7. The Kier molecular flexibility index (Phi) is 2.88. The predicted molar refractivity (Wildman–Crippen MR) is 68.6 cm³/mol. The highest BCUT2D eigenvalue weighted by Crippen LogP contribution is 2.16. The summed E-state index contributed by atoms with van der Waals surface area (Å²) in [6.45, 7) is 0.206. The Balaban J connectivity index is 1.80. The Morgan fingerprint density at radius 2 is 2.16 bits per heavy atom. The number of carboxylic acids is 1. The molecule has 7 heteroatoms. The molecule has 1 aromatic carbocycles. The molecule has 1 N–H and O–H groups in total. The first kappa shape index (κ1) is 11.7. The van der Waals surface area contributed by atoms with Crippen LogP contribution in [0.3, 0.4) is 0 Å². The average Bonchev–Trinajstić information content (AvgIpc) is 2.96. The molecule has 2 aromatic heterocycles. The molecule has 0 aliphatic rings. The van der Waals surface area contributed by atoms with Gasteiger partial charge in [0.05, 0.1) is 0 Å². The van der Waals surface area contributed by atoms with E-state index in [-0.39, 0.29) is 12.3 Å². The van der Waals surface area contributed by atoms with Crippen molar-refractivity contribution < 1.29 is 14.6 Å². The molecule has 0 aliphatic carbocycles. The molecule has 0 amide bonds. The van der Waals surface area contributed by atoms with Gasteiger partial charge in [0.15, 0.2) is 11.5 Å². The Morgan fingerprint density at radius 3 is 2.89 bits per heavy atom. The lowest BCUT2D eigenvalue weighted by Crippen LogP contribution is -2.03. The molecule has 6 nitrogen and oxygen atoms in total. The number of carboxylic acid groups (broad SMARTS) is 1. The van der Waals surface area contributed by atoms with Gasteiger partial charge in [-0.2, -0.15) is 9.50 Å². The van der Waals surface area contributed by atoms with Gasteiger partial charge in [0.25, 0.3) is 0 Å². The number of hydrogen-bond donors (Lipinski definition) is 1. The highest BCUT2D eigenvalue weighted by Gasteiger charge is 2.14. The van der Waals surface area contributed by atoms with E-state index in [1.54, 1.807) is 0 Å². The molecule has 0 unspecified atom stereocenters. The first-order valence-corrected chi connectivity index (χ1v) is 6.36. The van der Waals surface area contributed by atoms with Gasteiger partial charge in [0.2, 0.25) is 4.96 Å². The number of aromatic nitrogens is 3. The van der Waals surface area contributed by atoms with E-state index in [0.717, 1.165) is 5.75 Å². The van der Waals surface area contributed by atoms with Crippen LogP contribution in [-0.2, 0) is 6.61 Å². The molecule has 3 rings (SSSR count). The minimum absolute atomic E-state index is 0.110. The highest BCUT2D eigenvalue weighted by molar-refractivity contribution is 7.15. The third-order valence-electron chi connectivity index (χ3n) is 2.46. The molecule has 3 aromatic rings. The van der Waals surface area contributed by atoms with Crippen molar-refractivity contribution in [2.24, 2.45) is 0 Å². The van der Waals surface area contributed by atoms with Crippen molar-refractivity contribution in [3.8, 4) is 5.75 Å². The number of thiazole rings is 1. The Bertz CT molecular complexity index is 720. The normalized spacial score (nSPS) is 10.7. The summed E-state index contributed by atoms with van der Waals surface area (Å²) >= 11 is 1.24. The second-order valence-corrected chi connectivity index (χ2v) is 4.59. The zero-order valence-electron chi connectivity index (χ0n) is 9.68. The van der Waals surface area contributed by atoms with Crippen LogP contribution in [-0.4, -0.2) is 25.7 Å². The minimum atomic E-state index is -1.02. The van der Waals surface area contributed by atoms with Crippen LogP contribution in [0.15, 0.2) is 35.7 Å². The third kappa shape index (κ3) is 2.27. The SMILES string of the molecule is O=C(O)c1csc2nc(COc3ccccc3)nn12. The maximum atomic E-state index is 11.0. The van der Waals surface area contributed by atoms with Crippen LogP contribution in [0.25, 0.3) is 4.96 Å². The molecule has 0 atom stereocenters. The van der Waals surface area contributed by atoms with Crippen molar-refractivity contribution in [2.75, 3.05) is 0 Å². The van der Waals surface area contributed by atoms with Crippen molar-refractivity contribution >= 4 is 22.3 Å². The molecule has 0 bridgehead atoms. The molecular weight excluding hydrogens is 266 g/mol. The smallest absolute Gasteiger partial charge is 0.355 e. The minimum Gasteiger partial charge on any atom is -0.486 e. The summed E-state index contributed by atoms with van der Waals surface area (Å²) in [7, 11) is 0. The van der Waals surface area contributed by atoms with Crippen LogP contribution in [0.2, 0.25) is 0 Å². The van der Waals surface area contributed by atoms with Gasteiger partial charge < -0.3 is 9.84 Å². The zero-order chi connectivity index (χ0) is 13.2. The van der Waals surface area contributed by atoms with Crippen molar-refractivity contribution in [3.63, 3.8) is 0 Å². The van der Waals surface area contributed by atoms with E-state index in [9.17, 15) is 4.79 Å². The monoisotopic (exact) mass is 275 g/mol. The summed E-state index contributed by atoms with van der Waals surface area (Å²) in [5, 5.41) is 14.6. The summed E-state index contributed by atoms with van der Waals surface area (Å²) in [6, 6.07) is 9.31. The Morgan fingerprint density at radius 1 is 1.37 bits per heavy atom. The van der Waals surface area contributed by atoms with E-state index in [1.165, 1.54) is 21.2 Å². The lowest BCUT2D eigenvalue weighted by Gasteiger charge is -2.01. The van der Waals surface area contributed by atoms with Crippen molar-refractivity contribution in [1.29, 1.82) is 0 Å². The molecule has 2 heterocycles. The predicted octanol–water partition coefficient (Wildman–Crippen LogP) is 2.07.